The summed E-state index contributed by atoms with van der Waals surface area (Å²) in [6.45, 7) is 0.745. The van der Waals surface area contributed by atoms with E-state index in [1.165, 1.54) is 18.4 Å². The molecule has 1 N–H and O–H groups in total. The maximum atomic E-state index is 10.1. The highest BCUT2D eigenvalue weighted by atomic mass is 35.5. The first-order chi connectivity index (χ1) is 8.66. The average Bonchev–Trinajstić information content (AvgIpc) is 2.71. The molecule has 2 aromatic rings. The number of furan rings is 1. The van der Waals surface area contributed by atoms with Crippen molar-refractivity contribution in [3.8, 4) is 5.75 Å². The van der Waals surface area contributed by atoms with Crippen molar-refractivity contribution >= 4 is 23.4 Å². The van der Waals surface area contributed by atoms with Crippen molar-refractivity contribution in [3.05, 3.63) is 29.0 Å². The van der Waals surface area contributed by atoms with Gasteiger partial charge in [-0.3, -0.25) is 0 Å². The van der Waals surface area contributed by atoms with Gasteiger partial charge in [0.25, 0.3) is 0 Å². The molecule has 0 unspecified atom stereocenters. The van der Waals surface area contributed by atoms with Gasteiger partial charge in [-0.15, -0.1) is 12.4 Å². The predicted octanol–water partition coefficient (Wildman–Crippen LogP) is 3.50. The van der Waals surface area contributed by atoms with Crippen molar-refractivity contribution in [1.29, 1.82) is 0 Å². The third-order valence-corrected chi connectivity index (χ3v) is 3.68. The van der Waals surface area contributed by atoms with E-state index < -0.39 is 0 Å². The summed E-state index contributed by atoms with van der Waals surface area (Å²) in [7, 11) is 4.04. The smallest absolute Gasteiger partial charge is 0.135 e. The molecule has 0 spiro atoms. The first-order valence-electron chi connectivity index (χ1n) is 6.56. The quantitative estimate of drug-likeness (QED) is 0.915. The van der Waals surface area contributed by atoms with Crippen LogP contribution >= 0.6 is 12.4 Å². The SMILES string of the molecule is CN(C)Cc1c(O)ccc2oc3c(c12)CCCC3.Cl. The number of aryl methyl sites for hydroxylation is 2. The van der Waals surface area contributed by atoms with Crippen LogP contribution in [0.1, 0.15) is 29.7 Å². The van der Waals surface area contributed by atoms with Crippen LogP contribution in [0.4, 0.5) is 0 Å². The van der Waals surface area contributed by atoms with Crippen LogP contribution in [0, 0.1) is 0 Å². The van der Waals surface area contributed by atoms with Crippen LogP contribution in [0.5, 0.6) is 5.75 Å². The lowest BCUT2D eigenvalue weighted by Gasteiger charge is -2.14. The molecule has 104 valence electrons. The molecule has 1 aromatic heterocycles. The van der Waals surface area contributed by atoms with Crippen LogP contribution in [-0.2, 0) is 19.4 Å². The molecule has 3 nitrogen and oxygen atoms in total. The summed E-state index contributed by atoms with van der Waals surface area (Å²) in [6, 6.07) is 3.64. The highest BCUT2D eigenvalue weighted by Crippen LogP contribution is 2.37. The summed E-state index contributed by atoms with van der Waals surface area (Å²) in [5.74, 6) is 1.51. The lowest BCUT2D eigenvalue weighted by molar-refractivity contribution is 0.388. The van der Waals surface area contributed by atoms with Crippen molar-refractivity contribution in [2.45, 2.75) is 32.2 Å². The van der Waals surface area contributed by atoms with Crippen LogP contribution < -0.4 is 0 Å². The maximum absolute atomic E-state index is 10.1. The Labute approximate surface area is 119 Å². The van der Waals surface area contributed by atoms with E-state index in [0.29, 0.717) is 5.75 Å². The van der Waals surface area contributed by atoms with Crippen molar-refractivity contribution in [2.24, 2.45) is 0 Å². The molecule has 0 radical (unpaired) electrons. The minimum atomic E-state index is 0. The minimum absolute atomic E-state index is 0. The highest BCUT2D eigenvalue weighted by molar-refractivity contribution is 5.88. The number of hydrogen-bond donors (Lipinski definition) is 1. The van der Waals surface area contributed by atoms with E-state index in [2.05, 4.69) is 4.90 Å². The Morgan fingerprint density at radius 1 is 1.21 bits per heavy atom. The predicted molar refractivity (Wildman–Crippen MR) is 79.2 cm³/mol. The monoisotopic (exact) mass is 281 g/mol. The van der Waals surface area contributed by atoms with E-state index in [-0.39, 0.29) is 12.4 Å². The van der Waals surface area contributed by atoms with Gasteiger partial charge in [0.05, 0.1) is 0 Å². The van der Waals surface area contributed by atoms with Gasteiger partial charge in [0.1, 0.15) is 17.1 Å². The molecule has 1 aromatic carbocycles. The van der Waals surface area contributed by atoms with Crippen LogP contribution in [0.2, 0.25) is 0 Å². The fraction of sp³-hybridized carbons (Fsp3) is 0.467. The molecule has 4 heteroatoms. The standard InChI is InChI=1S/C15H19NO2.ClH/c1-16(2)9-11-12(17)7-8-14-15(11)10-5-3-4-6-13(10)18-14;/h7-8,17H,3-6,9H2,1-2H3;1H. The number of nitrogens with zero attached hydrogens (tertiary/aromatic N) is 1. The fourth-order valence-corrected chi connectivity index (χ4v) is 2.89. The molecule has 0 aliphatic heterocycles. The molecule has 19 heavy (non-hydrogen) atoms. The van der Waals surface area contributed by atoms with Gasteiger partial charge in [-0.1, -0.05) is 0 Å². The number of benzene rings is 1. The topological polar surface area (TPSA) is 36.6 Å². The van der Waals surface area contributed by atoms with Gasteiger partial charge >= 0.3 is 0 Å². The van der Waals surface area contributed by atoms with Crippen molar-refractivity contribution < 1.29 is 9.52 Å². The van der Waals surface area contributed by atoms with Gasteiger partial charge in [-0.2, -0.15) is 0 Å². The van der Waals surface area contributed by atoms with E-state index >= 15 is 0 Å². The molecule has 1 aliphatic rings. The summed E-state index contributed by atoms with van der Waals surface area (Å²) in [6.07, 6.45) is 4.54. The Morgan fingerprint density at radius 3 is 2.68 bits per heavy atom. The Balaban J connectivity index is 0.00000133. The average molecular weight is 282 g/mol. The number of fused-ring (bicyclic) bond motifs is 3. The molecule has 0 amide bonds. The van der Waals surface area contributed by atoms with E-state index in [1.54, 1.807) is 6.07 Å². The minimum Gasteiger partial charge on any atom is -0.508 e. The van der Waals surface area contributed by atoms with Crippen LogP contribution in [0.25, 0.3) is 11.0 Å². The Morgan fingerprint density at radius 2 is 1.95 bits per heavy atom. The van der Waals surface area contributed by atoms with Crippen LogP contribution in [0.15, 0.2) is 16.5 Å². The number of rotatable bonds is 2. The van der Waals surface area contributed by atoms with Crippen LogP contribution in [-0.4, -0.2) is 24.1 Å². The zero-order chi connectivity index (χ0) is 12.7. The lowest BCUT2D eigenvalue weighted by atomic mass is 9.93. The largest absolute Gasteiger partial charge is 0.508 e. The Kier molecular flexibility index (Phi) is 4.07. The number of aromatic hydroxyl groups is 1. The third-order valence-electron chi connectivity index (χ3n) is 3.68. The molecular formula is C15H20ClNO2. The summed E-state index contributed by atoms with van der Waals surface area (Å²) in [4.78, 5) is 2.08. The molecule has 1 heterocycles. The van der Waals surface area contributed by atoms with Gasteiger partial charge in [0.2, 0.25) is 0 Å². The van der Waals surface area contributed by atoms with Crippen molar-refractivity contribution in [1.82, 2.24) is 4.90 Å². The first kappa shape index (κ1) is 14.2. The van der Waals surface area contributed by atoms with Gasteiger partial charge in [0.15, 0.2) is 0 Å². The summed E-state index contributed by atoms with van der Waals surface area (Å²) in [5, 5.41) is 11.3. The Hall–Kier alpha value is -1.19. The van der Waals surface area contributed by atoms with E-state index in [0.717, 1.165) is 41.7 Å². The second-order valence-electron chi connectivity index (χ2n) is 5.39. The van der Waals surface area contributed by atoms with Crippen molar-refractivity contribution in [3.63, 3.8) is 0 Å². The molecule has 0 saturated heterocycles. The highest BCUT2D eigenvalue weighted by Gasteiger charge is 2.21. The molecule has 1 aliphatic carbocycles. The molecule has 3 rings (SSSR count). The number of hydrogen-bond acceptors (Lipinski definition) is 3. The molecule has 0 atom stereocenters. The van der Waals surface area contributed by atoms with E-state index in [9.17, 15) is 5.11 Å². The summed E-state index contributed by atoms with van der Waals surface area (Å²) in [5.41, 5.74) is 3.25. The molecular weight excluding hydrogens is 262 g/mol. The second-order valence-corrected chi connectivity index (χ2v) is 5.39. The maximum Gasteiger partial charge on any atom is 0.135 e. The second kappa shape index (κ2) is 5.43. The lowest BCUT2D eigenvalue weighted by Crippen LogP contribution is -2.11. The number of phenols is 1. The number of halogens is 1. The van der Waals surface area contributed by atoms with Gasteiger partial charge in [0, 0.05) is 29.5 Å². The molecule has 0 fully saturated rings. The normalized spacial score (nSPS) is 14.5. The zero-order valence-corrected chi connectivity index (χ0v) is 12.2. The zero-order valence-electron chi connectivity index (χ0n) is 11.4. The first-order valence-corrected chi connectivity index (χ1v) is 6.56. The van der Waals surface area contributed by atoms with Gasteiger partial charge < -0.3 is 14.4 Å². The molecule has 0 saturated carbocycles. The third kappa shape index (κ3) is 2.45. The van der Waals surface area contributed by atoms with Crippen LogP contribution in [0.3, 0.4) is 0 Å². The van der Waals surface area contributed by atoms with Gasteiger partial charge in [-0.25, -0.2) is 0 Å². The molecule has 0 bridgehead atoms. The number of phenolic OH excluding ortho intramolecular Hbond substituents is 1. The van der Waals surface area contributed by atoms with Gasteiger partial charge in [-0.05, 0) is 45.5 Å². The van der Waals surface area contributed by atoms with E-state index in [1.807, 2.05) is 20.2 Å². The summed E-state index contributed by atoms with van der Waals surface area (Å²) >= 11 is 0. The summed E-state index contributed by atoms with van der Waals surface area (Å²) < 4.78 is 5.94. The fourth-order valence-electron chi connectivity index (χ4n) is 2.89. The Bertz CT molecular complexity index is 589. The van der Waals surface area contributed by atoms with E-state index in [4.69, 9.17) is 4.42 Å². The van der Waals surface area contributed by atoms with Crippen molar-refractivity contribution in [2.75, 3.05) is 14.1 Å².